The number of fused-ring (bicyclic) bond motifs is 1. The first-order valence-corrected chi connectivity index (χ1v) is 12.0. The maximum absolute atomic E-state index is 13.8. The van der Waals surface area contributed by atoms with Gasteiger partial charge in [0.25, 0.3) is 5.91 Å². The average molecular weight is 486 g/mol. The van der Waals surface area contributed by atoms with E-state index in [0.717, 1.165) is 43.1 Å². The number of piperazine rings is 1. The van der Waals surface area contributed by atoms with Crippen LogP contribution in [-0.4, -0.2) is 56.5 Å². The third kappa shape index (κ3) is 5.00. The lowest BCUT2D eigenvalue weighted by atomic mass is 10.00. The Hall–Kier alpha value is -4.01. The van der Waals surface area contributed by atoms with Crippen LogP contribution in [0.2, 0.25) is 0 Å². The molecule has 5 rings (SSSR count). The molecule has 2 aliphatic heterocycles. The summed E-state index contributed by atoms with van der Waals surface area (Å²) in [5, 5.41) is 9.45. The van der Waals surface area contributed by atoms with E-state index < -0.39 is 5.82 Å². The van der Waals surface area contributed by atoms with Crippen molar-refractivity contribution in [3.05, 3.63) is 89.7 Å². The Kier molecular flexibility index (Phi) is 6.79. The van der Waals surface area contributed by atoms with E-state index in [0.29, 0.717) is 29.1 Å². The van der Waals surface area contributed by atoms with Crippen molar-refractivity contribution < 1.29 is 14.0 Å². The van der Waals surface area contributed by atoms with E-state index in [4.69, 9.17) is 0 Å². The monoisotopic (exact) mass is 485 g/mol. The molecule has 3 N–H and O–H groups in total. The van der Waals surface area contributed by atoms with Crippen molar-refractivity contribution in [2.75, 3.05) is 55.3 Å². The van der Waals surface area contributed by atoms with Crippen LogP contribution in [0, 0.1) is 5.82 Å². The maximum atomic E-state index is 13.8. The van der Waals surface area contributed by atoms with Crippen LogP contribution >= 0.6 is 0 Å². The molecule has 7 nitrogen and oxygen atoms in total. The van der Waals surface area contributed by atoms with Crippen LogP contribution in [0.3, 0.4) is 0 Å². The molecule has 8 heteroatoms. The molecule has 2 amide bonds. The highest BCUT2D eigenvalue weighted by Crippen LogP contribution is 2.38. The first-order valence-electron chi connectivity index (χ1n) is 12.0. The molecule has 1 fully saturated rings. The number of anilines is 3. The van der Waals surface area contributed by atoms with Gasteiger partial charge in [-0.15, -0.1) is 0 Å². The van der Waals surface area contributed by atoms with Crippen LogP contribution in [0.5, 0.6) is 0 Å². The number of nitrogens with zero attached hydrogens (tertiary/aromatic N) is 2. The van der Waals surface area contributed by atoms with Gasteiger partial charge in [-0.3, -0.25) is 14.5 Å². The SMILES string of the molecule is CN(C(=O)CN1CCNCC1)c1ccc(NC(=C2C(=O)Nc3cc(F)ccc32)c2ccccc2)cc1. The molecule has 3 aromatic carbocycles. The van der Waals surface area contributed by atoms with E-state index in [1.54, 1.807) is 18.0 Å². The molecule has 36 heavy (non-hydrogen) atoms. The summed E-state index contributed by atoms with van der Waals surface area (Å²) in [5.74, 6) is -0.663. The zero-order valence-electron chi connectivity index (χ0n) is 20.1. The minimum atomic E-state index is -0.407. The van der Waals surface area contributed by atoms with Gasteiger partial charge in [0.15, 0.2) is 0 Å². The number of rotatable bonds is 6. The van der Waals surface area contributed by atoms with Crippen molar-refractivity contribution in [1.82, 2.24) is 10.2 Å². The van der Waals surface area contributed by atoms with Crippen LogP contribution < -0.4 is 20.9 Å². The van der Waals surface area contributed by atoms with Gasteiger partial charge in [0.2, 0.25) is 5.91 Å². The van der Waals surface area contributed by atoms with Crippen LogP contribution in [0.4, 0.5) is 21.5 Å². The average Bonchev–Trinajstić information content (AvgIpc) is 3.22. The Morgan fingerprint density at radius 1 is 1.03 bits per heavy atom. The zero-order valence-corrected chi connectivity index (χ0v) is 20.1. The van der Waals surface area contributed by atoms with Crippen molar-refractivity contribution in [2.24, 2.45) is 0 Å². The molecule has 1 saturated heterocycles. The summed E-state index contributed by atoms with van der Waals surface area (Å²) in [6.07, 6.45) is 0. The van der Waals surface area contributed by atoms with Crippen LogP contribution in [0.15, 0.2) is 72.8 Å². The number of carbonyl (C=O) groups excluding carboxylic acids is 2. The molecular formula is C28H28FN5O2. The molecule has 0 radical (unpaired) electrons. The Labute approximate surface area is 209 Å². The predicted molar refractivity (Wildman–Crippen MR) is 141 cm³/mol. The molecule has 0 unspecified atom stereocenters. The summed E-state index contributed by atoms with van der Waals surface area (Å²) in [5.41, 5.74) is 4.53. The predicted octanol–water partition coefficient (Wildman–Crippen LogP) is 3.63. The molecule has 3 aromatic rings. The maximum Gasteiger partial charge on any atom is 0.258 e. The first-order chi connectivity index (χ1) is 17.5. The molecule has 0 saturated carbocycles. The Morgan fingerprint density at radius 2 is 1.75 bits per heavy atom. The fourth-order valence-electron chi connectivity index (χ4n) is 4.50. The van der Waals surface area contributed by atoms with E-state index in [-0.39, 0.29) is 11.8 Å². The zero-order chi connectivity index (χ0) is 25.1. The summed E-state index contributed by atoms with van der Waals surface area (Å²) in [4.78, 5) is 29.5. The lowest BCUT2D eigenvalue weighted by molar-refractivity contribution is -0.119. The highest BCUT2D eigenvalue weighted by Gasteiger charge is 2.29. The van der Waals surface area contributed by atoms with E-state index in [1.807, 2.05) is 54.6 Å². The van der Waals surface area contributed by atoms with Crippen molar-refractivity contribution in [3.63, 3.8) is 0 Å². The van der Waals surface area contributed by atoms with Gasteiger partial charge in [0, 0.05) is 50.2 Å². The topological polar surface area (TPSA) is 76.7 Å². The van der Waals surface area contributed by atoms with Gasteiger partial charge in [-0.1, -0.05) is 30.3 Å². The number of halogens is 1. The van der Waals surface area contributed by atoms with E-state index in [1.165, 1.54) is 12.1 Å². The number of amides is 2. The number of nitrogens with one attached hydrogen (secondary N) is 3. The lowest BCUT2D eigenvalue weighted by Gasteiger charge is -2.28. The molecule has 0 aliphatic carbocycles. The second-order valence-corrected chi connectivity index (χ2v) is 8.91. The quantitative estimate of drug-likeness (QED) is 0.465. The van der Waals surface area contributed by atoms with Gasteiger partial charge in [-0.25, -0.2) is 4.39 Å². The normalized spacial score (nSPS) is 16.8. The third-order valence-corrected chi connectivity index (χ3v) is 6.51. The largest absolute Gasteiger partial charge is 0.354 e. The molecule has 2 aliphatic rings. The Morgan fingerprint density at radius 3 is 2.47 bits per heavy atom. The van der Waals surface area contributed by atoms with Crippen molar-refractivity contribution >= 4 is 40.1 Å². The second-order valence-electron chi connectivity index (χ2n) is 8.91. The second kappa shape index (κ2) is 10.3. The van der Waals surface area contributed by atoms with Gasteiger partial charge >= 0.3 is 0 Å². The van der Waals surface area contributed by atoms with E-state index in [9.17, 15) is 14.0 Å². The Balaban J connectivity index is 1.40. The molecule has 0 bridgehead atoms. The standard InChI is InChI=1S/C28H28FN5O2/c1-33(25(35)18-34-15-13-30-14-16-34)22-10-8-21(9-11-22)31-27(19-5-3-2-4-6-19)26-23-12-7-20(29)17-24(23)32-28(26)36/h2-12,17,30-31H,13-16,18H2,1H3,(H,32,36). The van der Waals surface area contributed by atoms with Gasteiger partial charge in [-0.05, 0) is 48.0 Å². The number of hydrogen-bond donors (Lipinski definition) is 3. The highest BCUT2D eigenvalue weighted by atomic mass is 19.1. The summed E-state index contributed by atoms with van der Waals surface area (Å²) < 4.78 is 13.8. The van der Waals surface area contributed by atoms with Gasteiger partial charge in [0.05, 0.1) is 23.5 Å². The van der Waals surface area contributed by atoms with Crippen LogP contribution in [0.25, 0.3) is 11.3 Å². The number of likely N-dealkylation sites (N-methyl/N-ethyl adjacent to an activating group) is 1. The third-order valence-electron chi connectivity index (χ3n) is 6.51. The number of carbonyl (C=O) groups is 2. The van der Waals surface area contributed by atoms with E-state index in [2.05, 4.69) is 20.9 Å². The Bertz CT molecular complexity index is 1300. The lowest BCUT2D eigenvalue weighted by Crippen LogP contribution is -2.47. The van der Waals surface area contributed by atoms with Crippen molar-refractivity contribution in [1.29, 1.82) is 0 Å². The van der Waals surface area contributed by atoms with Gasteiger partial charge in [-0.2, -0.15) is 0 Å². The van der Waals surface area contributed by atoms with Crippen molar-refractivity contribution in [3.8, 4) is 0 Å². The van der Waals surface area contributed by atoms with Crippen molar-refractivity contribution in [2.45, 2.75) is 0 Å². The van der Waals surface area contributed by atoms with Gasteiger partial charge in [0.1, 0.15) is 5.82 Å². The molecule has 0 aromatic heterocycles. The van der Waals surface area contributed by atoms with E-state index >= 15 is 0 Å². The number of benzene rings is 3. The minimum absolute atomic E-state index is 0.0381. The fraction of sp³-hybridized carbons (Fsp3) is 0.214. The molecule has 2 heterocycles. The summed E-state index contributed by atoms with van der Waals surface area (Å²) in [6.45, 7) is 3.91. The summed E-state index contributed by atoms with van der Waals surface area (Å²) in [7, 11) is 1.78. The minimum Gasteiger partial charge on any atom is -0.354 e. The summed E-state index contributed by atoms with van der Waals surface area (Å²) >= 11 is 0. The fourth-order valence-corrected chi connectivity index (χ4v) is 4.50. The van der Waals surface area contributed by atoms with Gasteiger partial charge < -0.3 is 20.9 Å². The smallest absolute Gasteiger partial charge is 0.258 e. The molecular weight excluding hydrogens is 457 g/mol. The molecule has 0 spiro atoms. The highest BCUT2D eigenvalue weighted by molar-refractivity contribution is 6.37. The van der Waals surface area contributed by atoms with Crippen LogP contribution in [0.1, 0.15) is 11.1 Å². The number of hydrogen-bond acceptors (Lipinski definition) is 5. The van der Waals surface area contributed by atoms with Crippen LogP contribution in [-0.2, 0) is 9.59 Å². The molecule has 0 atom stereocenters. The molecule has 184 valence electrons. The first kappa shape index (κ1) is 23.7. The summed E-state index contributed by atoms with van der Waals surface area (Å²) in [6, 6.07) is 21.4.